The van der Waals surface area contributed by atoms with Crippen molar-refractivity contribution in [3.05, 3.63) is 30.1 Å². The average Bonchev–Trinajstić information content (AvgIpc) is 2.07. The van der Waals surface area contributed by atoms with Crippen LogP contribution in [0.15, 0.2) is 24.3 Å². The zero-order chi connectivity index (χ0) is 10.6. The van der Waals surface area contributed by atoms with Gasteiger partial charge in [-0.05, 0) is 12.1 Å². The van der Waals surface area contributed by atoms with Crippen molar-refractivity contribution in [3.63, 3.8) is 0 Å². The molecule has 1 aromatic rings. The maximum Gasteiger partial charge on any atom is 0.231 e. The van der Waals surface area contributed by atoms with Gasteiger partial charge in [0, 0.05) is 0 Å². The minimum Gasteiger partial charge on any atom is -0.393 e. The SMILES string of the molecule is NC(=S)CC(=O)Nc1ccccc1F. The fourth-order valence-corrected chi connectivity index (χ4v) is 1.05. The molecule has 74 valence electrons. The van der Waals surface area contributed by atoms with Gasteiger partial charge in [-0.1, -0.05) is 24.4 Å². The molecule has 0 unspecified atom stereocenters. The van der Waals surface area contributed by atoms with Crippen molar-refractivity contribution >= 4 is 28.8 Å². The minimum atomic E-state index is -0.483. The largest absolute Gasteiger partial charge is 0.393 e. The van der Waals surface area contributed by atoms with E-state index in [1.165, 1.54) is 12.1 Å². The van der Waals surface area contributed by atoms with Crippen LogP contribution in [0.3, 0.4) is 0 Å². The number of hydrogen-bond acceptors (Lipinski definition) is 2. The smallest absolute Gasteiger partial charge is 0.231 e. The molecule has 1 aromatic carbocycles. The molecule has 3 nitrogen and oxygen atoms in total. The molecule has 0 saturated carbocycles. The van der Waals surface area contributed by atoms with Crippen LogP contribution in [0.5, 0.6) is 0 Å². The molecule has 0 fully saturated rings. The van der Waals surface area contributed by atoms with E-state index in [0.717, 1.165) is 0 Å². The zero-order valence-electron chi connectivity index (χ0n) is 7.29. The number of hydrogen-bond donors (Lipinski definition) is 2. The predicted octanol–water partition coefficient (Wildman–Crippen LogP) is 1.44. The lowest BCUT2D eigenvalue weighted by Crippen LogP contribution is -2.20. The topological polar surface area (TPSA) is 55.1 Å². The molecule has 0 bridgehead atoms. The third-order valence-corrected chi connectivity index (χ3v) is 1.63. The Morgan fingerprint density at radius 2 is 2.14 bits per heavy atom. The number of carbonyl (C=O) groups is 1. The Kier molecular flexibility index (Phi) is 3.53. The molecule has 0 aliphatic heterocycles. The number of halogens is 1. The number of thiocarbonyl (C=S) groups is 1. The summed E-state index contributed by atoms with van der Waals surface area (Å²) in [5, 5.41) is 2.36. The van der Waals surface area contributed by atoms with Crippen LogP contribution in [0.1, 0.15) is 6.42 Å². The van der Waals surface area contributed by atoms with Crippen molar-refractivity contribution in [3.8, 4) is 0 Å². The van der Waals surface area contributed by atoms with Crippen molar-refractivity contribution in [2.45, 2.75) is 6.42 Å². The van der Waals surface area contributed by atoms with Crippen LogP contribution in [0.25, 0.3) is 0 Å². The molecule has 14 heavy (non-hydrogen) atoms. The number of carbonyl (C=O) groups excluding carboxylic acids is 1. The lowest BCUT2D eigenvalue weighted by Gasteiger charge is -2.04. The number of rotatable bonds is 3. The van der Waals surface area contributed by atoms with Gasteiger partial charge in [-0.25, -0.2) is 4.39 Å². The second-order valence-electron chi connectivity index (χ2n) is 2.67. The van der Waals surface area contributed by atoms with E-state index < -0.39 is 11.7 Å². The number of anilines is 1. The molecule has 5 heteroatoms. The first-order valence-corrected chi connectivity index (χ1v) is 4.33. The summed E-state index contributed by atoms with van der Waals surface area (Å²) in [5.74, 6) is -0.897. The Balaban J connectivity index is 2.65. The van der Waals surface area contributed by atoms with Crippen molar-refractivity contribution < 1.29 is 9.18 Å². The summed E-state index contributed by atoms with van der Waals surface area (Å²) in [7, 11) is 0. The van der Waals surface area contributed by atoms with Gasteiger partial charge in [0.05, 0.1) is 17.1 Å². The van der Waals surface area contributed by atoms with Gasteiger partial charge in [0.2, 0.25) is 5.91 Å². The molecule has 0 aliphatic rings. The molecule has 0 spiro atoms. The highest BCUT2D eigenvalue weighted by atomic mass is 32.1. The monoisotopic (exact) mass is 212 g/mol. The molecule has 0 aliphatic carbocycles. The Bertz CT molecular complexity index is 368. The summed E-state index contributed by atoms with van der Waals surface area (Å²) in [6.45, 7) is 0. The van der Waals surface area contributed by atoms with E-state index in [9.17, 15) is 9.18 Å². The predicted molar refractivity (Wildman–Crippen MR) is 56.4 cm³/mol. The summed E-state index contributed by atoms with van der Waals surface area (Å²) < 4.78 is 13.0. The molecular formula is C9H9FN2OS. The van der Waals surface area contributed by atoms with Gasteiger partial charge >= 0.3 is 0 Å². The van der Waals surface area contributed by atoms with E-state index in [1.54, 1.807) is 12.1 Å². The van der Waals surface area contributed by atoms with Crippen LogP contribution in [-0.2, 0) is 4.79 Å². The van der Waals surface area contributed by atoms with Crippen molar-refractivity contribution in [1.82, 2.24) is 0 Å². The quantitative estimate of drug-likeness (QED) is 0.745. The highest BCUT2D eigenvalue weighted by molar-refractivity contribution is 7.80. The van der Waals surface area contributed by atoms with Crippen LogP contribution >= 0.6 is 12.2 Å². The van der Waals surface area contributed by atoms with Crippen LogP contribution < -0.4 is 11.1 Å². The zero-order valence-corrected chi connectivity index (χ0v) is 8.10. The average molecular weight is 212 g/mol. The van der Waals surface area contributed by atoms with E-state index in [1.807, 2.05) is 0 Å². The molecule has 0 heterocycles. The standard InChI is InChI=1S/C9H9FN2OS/c10-6-3-1-2-4-7(6)12-9(13)5-8(11)14/h1-4H,5H2,(H2,11,14)(H,12,13). The summed E-state index contributed by atoms with van der Waals surface area (Å²) in [6, 6.07) is 5.89. The molecule has 0 saturated heterocycles. The fraction of sp³-hybridized carbons (Fsp3) is 0.111. The van der Waals surface area contributed by atoms with Gasteiger partial charge in [-0.3, -0.25) is 4.79 Å². The van der Waals surface area contributed by atoms with Gasteiger partial charge in [-0.15, -0.1) is 0 Å². The Morgan fingerprint density at radius 1 is 1.50 bits per heavy atom. The van der Waals surface area contributed by atoms with Crippen molar-refractivity contribution in [2.24, 2.45) is 5.73 Å². The molecule has 1 amide bonds. The van der Waals surface area contributed by atoms with Crippen molar-refractivity contribution in [2.75, 3.05) is 5.32 Å². The van der Waals surface area contributed by atoms with E-state index in [0.29, 0.717) is 0 Å². The highest BCUT2D eigenvalue weighted by Crippen LogP contribution is 2.12. The fourth-order valence-electron chi connectivity index (χ4n) is 0.915. The molecule has 0 radical (unpaired) electrons. The van der Waals surface area contributed by atoms with E-state index >= 15 is 0 Å². The van der Waals surface area contributed by atoms with Crippen LogP contribution in [-0.4, -0.2) is 10.9 Å². The summed E-state index contributed by atoms with van der Waals surface area (Å²) in [6.07, 6.45) is -0.0797. The van der Waals surface area contributed by atoms with Crippen molar-refractivity contribution in [1.29, 1.82) is 0 Å². The Hall–Kier alpha value is -1.49. The first-order chi connectivity index (χ1) is 6.59. The third kappa shape index (κ3) is 3.10. The van der Waals surface area contributed by atoms with Crippen LogP contribution in [0, 0.1) is 5.82 Å². The number of para-hydroxylation sites is 1. The van der Waals surface area contributed by atoms with Gasteiger partial charge in [0.25, 0.3) is 0 Å². The summed E-state index contributed by atoms with van der Waals surface area (Å²) in [5.41, 5.74) is 5.30. The Morgan fingerprint density at radius 3 is 2.71 bits per heavy atom. The molecule has 0 atom stereocenters. The highest BCUT2D eigenvalue weighted by Gasteiger charge is 2.06. The number of amides is 1. The van der Waals surface area contributed by atoms with E-state index in [-0.39, 0.29) is 17.1 Å². The second-order valence-corrected chi connectivity index (χ2v) is 3.20. The molecule has 1 rings (SSSR count). The normalized spacial score (nSPS) is 9.50. The van der Waals surface area contributed by atoms with E-state index in [4.69, 9.17) is 5.73 Å². The molecule has 0 aromatic heterocycles. The maximum absolute atomic E-state index is 13.0. The number of nitrogens with one attached hydrogen (secondary N) is 1. The molecule has 3 N–H and O–H groups in total. The summed E-state index contributed by atoms with van der Waals surface area (Å²) >= 11 is 4.54. The lowest BCUT2D eigenvalue weighted by atomic mass is 10.3. The van der Waals surface area contributed by atoms with E-state index in [2.05, 4.69) is 17.5 Å². The van der Waals surface area contributed by atoms with Crippen LogP contribution in [0.4, 0.5) is 10.1 Å². The summed E-state index contributed by atoms with van der Waals surface area (Å²) in [4.78, 5) is 11.2. The molecular weight excluding hydrogens is 203 g/mol. The second kappa shape index (κ2) is 4.66. The third-order valence-electron chi connectivity index (χ3n) is 1.48. The van der Waals surface area contributed by atoms with Gasteiger partial charge in [-0.2, -0.15) is 0 Å². The van der Waals surface area contributed by atoms with Gasteiger partial charge in [0.15, 0.2) is 0 Å². The maximum atomic E-state index is 13.0. The first-order valence-electron chi connectivity index (χ1n) is 3.92. The Labute approximate surface area is 86.1 Å². The minimum absolute atomic E-state index is 0.0797. The van der Waals surface area contributed by atoms with Gasteiger partial charge < -0.3 is 11.1 Å². The number of nitrogens with two attached hydrogens (primary N) is 1. The lowest BCUT2D eigenvalue weighted by molar-refractivity contribution is -0.115. The number of benzene rings is 1. The van der Waals surface area contributed by atoms with Crippen LogP contribution in [0.2, 0.25) is 0 Å². The first kappa shape index (κ1) is 10.6. The van der Waals surface area contributed by atoms with Gasteiger partial charge in [0.1, 0.15) is 5.82 Å².